The van der Waals surface area contributed by atoms with Gasteiger partial charge in [-0.1, -0.05) is 6.08 Å². The quantitative estimate of drug-likeness (QED) is 0.466. The van der Waals surface area contributed by atoms with Crippen molar-refractivity contribution in [3.8, 4) is 0 Å². The Hall–Kier alpha value is 0.691. The smallest absolute Gasteiger partial charge is 1.00 e. The molecule has 0 aromatic carbocycles. The molecule has 1 N–H and O–H groups in total. The molecule has 38 valence electrons. The molecule has 0 spiro atoms. The van der Waals surface area contributed by atoms with E-state index < -0.39 is 5.97 Å². The number of carboxylic acid groups (broad SMARTS) is 1. The molecule has 0 aliphatic heterocycles. The van der Waals surface area contributed by atoms with Crippen LogP contribution in [0.4, 0.5) is 0 Å². The van der Waals surface area contributed by atoms with Gasteiger partial charge in [-0.15, -0.1) is 0 Å². The monoisotopic (exact) mass is 176 g/mol. The maximum absolute atomic E-state index is 9.51. The van der Waals surface area contributed by atoms with E-state index in [1.165, 1.54) is 6.08 Å². The van der Waals surface area contributed by atoms with Crippen molar-refractivity contribution < 1.29 is 12.8 Å². The summed E-state index contributed by atoms with van der Waals surface area (Å²) < 4.78 is 0. The van der Waals surface area contributed by atoms with Crippen molar-refractivity contribution in [1.82, 2.24) is 0 Å². The third-order valence-electron chi connectivity index (χ3n) is 0.309. The first kappa shape index (κ1) is 10.6. The van der Waals surface area contributed by atoms with E-state index in [9.17, 15) is 4.79 Å². The Morgan fingerprint density at radius 2 is 2.29 bits per heavy atom. The summed E-state index contributed by atoms with van der Waals surface area (Å²) in [6, 6.07) is 0. The number of rotatable bonds is 1. The summed E-state index contributed by atoms with van der Waals surface area (Å²) in [5.74, 6) is -0.891. The molecule has 0 bridgehead atoms. The maximum atomic E-state index is 9.51. The van der Waals surface area contributed by atoms with E-state index in [-0.39, 0.29) is 48.3 Å². The standard InChI is InChI=1S/C4H6O2.Sr.2H/c1-2-3-4(5)6;;;/h2-3H,1H3,(H,5,6);;;/q;+2;2*-1. The van der Waals surface area contributed by atoms with E-state index in [4.69, 9.17) is 5.11 Å². The van der Waals surface area contributed by atoms with Crippen molar-refractivity contribution in [1.29, 1.82) is 0 Å². The third kappa shape index (κ3) is 10.8. The summed E-state index contributed by atoms with van der Waals surface area (Å²) in [5, 5.41) is 7.83. The van der Waals surface area contributed by atoms with Gasteiger partial charge >= 0.3 is 51.5 Å². The average molecular weight is 176 g/mol. The molecule has 2 nitrogen and oxygen atoms in total. The van der Waals surface area contributed by atoms with Crippen LogP contribution in [0, 0.1) is 0 Å². The molecule has 0 atom stereocenters. The van der Waals surface area contributed by atoms with Gasteiger partial charge in [-0.05, 0) is 6.92 Å². The van der Waals surface area contributed by atoms with Crippen molar-refractivity contribution in [2.45, 2.75) is 6.92 Å². The second kappa shape index (κ2) is 6.69. The molecule has 0 aromatic rings. The minimum atomic E-state index is -0.891. The first-order valence-electron chi connectivity index (χ1n) is 1.63. The van der Waals surface area contributed by atoms with Crippen LogP contribution < -0.4 is 0 Å². The Labute approximate surface area is 82.5 Å². The van der Waals surface area contributed by atoms with Gasteiger partial charge in [-0.3, -0.25) is 0 Å². The minimum Gasteiger partial charge on any atom is -1.00 e. The molecule has 7 heavy (non-hydrogen) atoms. The fourth-order valence-electron chi connectivity index (χ4n) is 0.143. The topological polar surface area (TPSA) is 37.3 Å². The van der Waals surface area contributed by atoms with Gasteiger partial charge in [0, 0.05) is 6.08 Å². The largest absolute Gasteiger partial charge is 2.00 e. The number of carbonyl (C=O) groups is 1. The van der Waals surface area contributed by atoms with Crippen LogP contribution in [-0.4, -0.2) is 56.6 Å². The Morgan fingerprint density at radius 1 is 1.86 bits per heavy atom. The zero-order valence-corrected chi connectivity index (χ0v) is 7.69. The summed E-state index contributed by atoms with van der Waals surface area (Å²) in [6.45, 7) is 1.66. The van der Waals surface area contributed by atoms with E-state index in [0.29, 0.717) is 0 Å². The van der Waals surface area contributed by atoms with E-state index in [1.54, 1.807) is 6.92 Å². The molecule has 0 saturated heterocycles. The van der Waals surface area contributed by atoms with Crippen molar-refractivity contribution in [3.05, 3.63) is 12.2 Å². The second-order valence-electron chi connectivity index (χ2n) is 0.838. The summed E-state index contributed by atoms with van der Waals surface area (Å²) >= 11 is 0. The Kier molecular flexibility index (Phi) is 10.2. The average Bonchev–Trinajstić information content (AvgIpc) is 1.35. The first-order chi connectivity index (χ1) is 2.77. The van der Waals surface area contributed by atoms with E-state index in [2.05, 4.69) is 0 Å². The molecule has 0 unspecified atom stereocenters. The molecule has 0 radical (unpaired) electrons. The molecule has 0 rings (SSSR count). The van der Waals surface area contributed by atoms with E-state index in [1.807, 2.05) is 0 Å². The van der Waals surface area contributed by atoms with Crippen molar-refractivity contribution in [2.75, 3.05) is 0 Å². The predicted octanol–water partition coefficient (Wildman–Crippen LogP) is 0.491. The predicted molar refractivity (Wildman–Crippen MR) is 30.4 cm³/mol. The molecule has 0 saturated carbocycles. The van der Waals surface area contributed by atoms with Crippen LogP contribution in [0.25, 0.3) is 0 Å². The van der Waals surface area contributed by atoms with Gasteiger partial charge in [0.15, 0.2) is 0 Å². The molecule has 0 fully saturated rings. The van der Waals surface area contributed by atoms with Crippen molar-refractivity contribution in [3.63, 3.8) is 0 Å². The SMILES string of the molecule is CC=CC(=O)O.[H-].[H-].[Sr+2]. The van der Waals surface area contributed by atoms with Crippen LogP contribution in [0.3, 0.4) is 0 Å². The molecule has 0 aromatic heterocycles. The third-order valence-corrected chi connectivity index (χ3v) is 0.309. The van der Waals surface area contributed by atoms with Gasteiger partial charge in [0.1, 0.15) is 0 Å². The van der Waals surface area contributed by atoms with Crippen molar-refractivity contribution in [2.24, 2.45) is 0 Å². The minimum absolute atomic E-state index is 0. The molecule has 3 heteroatoms. The number of hydrogen-bond acceptors (Lipinski definition) is 1. The van der Waals surface area contributed by atoms with Gasteiger partial charge in [0.25, 0.3) is 0 Å². The molecule has 0 heterocycles. The van der Waals surface area contributed by atoms with Crippen LogP contribution in [0.1, 0.15) is 9.78 Å². The van der Waals surface area contributed by atoms with Gasteiger partial charge in [-0.2, -0.15) is 0 Å². The van der Waals surface area contributed by atoms with Gasteiger partial charge in [0.2, 0.25) is 0 Å². The van der Waals surface area contributed by atoms with Crippen LogP contribution in [0.15, 0.2) is 12.2 Å². The molecular formula is C4H8O2Sr. The van der Waals surface area contributed by atoms with Gasteiger partial charge in [0.05, 0.1) is 0 Å². The second-order valence-corrected chi connectivity index (χ2v) is 0.838. The molecular weight excluding hydrogens is 168 g/mol. The zero-order valence-electron chi connectivity index (χ0n) is 6.22. The number of allylic oxidation sites excluding steroid dienone is 1. The van der Waals surface area contributed by atoms with Crippen LogP contribution >= 0.6 is 0 Å². The first-order valence-corrected chi connectivity index (χ1v) is 1.63. The van der Waals surface area contributed by atoms with Crippen molar-refractivity contribution >= 4 is 51.5 Å². The maximum Gasteiger partial charge on any atom is 2.00 e. The summed E-state index contributed by atoms with van der Waals surface area (Å²) in [6.07, 6.45) is 2.56. The van der Waals surface area contributed by atoms with Gasteiger partial charge < -0.3 is 7.96 Å². The number of carboxylic acids is 1. The molecule has 0 aliphatic carbocycles. The normalized spacial score (nSPS) is 8.14. The Morgan fingerprint density at radius 3 is 2.29 bits per heavy atom. The van der Waals surface area contributed by atoms with E-state index in [0.717, 1.165) is 6.08 Å². The van der Waals surface area contributed by atoms with Crippen LogP contribution in [-0.2, 0) is 4.79 Å². The van der Waals surface area contributed by atoms with Gasteiger partial charge in [-0.25, -0.2) is 4.79 Å². The van der Waals surface area contributed by atoms with E-state index >= 15 is 0 Å². The fraction of sp³-hybridized carbons (Fsp3) is 0.250. The Balaban J connectivity index is -0.0000000417. The zero-order chi connectivity index (χ0) is 4.99. The molecule has 0 amide bonds. The Bertz CT molecular complexity index is 84.6. The summed E-state index contributed by atoms with van der Waals surface area (Å²) in [4.78, 5) is 9.51. The summed E-state index contributed by atoms with van der Waals surface area (Å²) in [7, 11) is 0. The molecule has 0 aliphatic rings. The number of hydrogen-bond donors (Lipinski definition) is 1. The fourth-order valence-corrected chi connectivity index (χ4v) is 0.143. The van der Waals surface area contributed by atoms with Crippen LogP contribution in [0.2, 0.25) is 0 Å². The summed E-state index contributed by atoms with van der Waals surface area (Å²) in [5.41, 5.74) is 0. The number of aliphatic carboxylic acids is 1. The van der Waals surface area contributed by atoms with Crippen LogP contribution in [0.5, 0.6) is 0 Å².